The van der Waals surface area contributed by atoms with E-state index in [2.05, 4.69) is 26.2 Å². The van der Waals surface area contributed by atoms with Crippen LogP contribution in [0.3, 0.4) is 0 Å². The minimum Gasteiger partial charge on any atom is -0.380 e. The number of anilines is 1. The Labute approximate surface area is 280 Å². The van der Waals surface area contributed by atoms with Crippen LogP contribution in [0, 0.1) is 0 Å². The van der Waals surface area contributed by atoms with Crippen molar-refractivity contribution in [1.82, 2.24) is 30.4 Å². The predicted molar refractivity (Wildman–Crippen MR) is 176 cm³/mol. The van der Waals surface area contributed by atoms with Gasteiger partial charge in [0.1, 0.15) is 18.5 Å². The van der Waals surface area contributed by atoms with Crippen LogP contribution in [0.15, 0.2) is 85.2 Å². The van der Waals surface area contributed by atoms with Crippen LogP contribution < -0.4 is 10.6 Å². The highest BCUT2D eigenvalue weighted by Crippen LogP contribution is 2.22. The molecule has 48 heavy (non-hydrogen) atoms. The highest BCUT2D eigenvalue weighted by atomic mass is 35.5. The van der Waals surface area contributed by atoms with Crippen molar-refractivity contribution in [2.24, 2.45) is 0 Å². The molecule has 0 saturated carbocycles. The van der Waals surface area contributed by atoms with Crippen LogP contribution in [0.25, 0.3) is 11.8 Å². The van der Waals surface area contributed by atoms with Crippen molar-refractivity contribution in [2.75, 3.05) is 29.9 Å². The molecule has 2 atom stereocenters. The first-order chi connectivity index (χ1) is 23.0. The summed E-state index contributed by atoms with van der Waals surface area (Å²) in [5, 5.41) is 27.3. The van der Waals surface area contributed by atoms with E-state index in [4.69, 9.17) is 11.6 Å². The maximum absolute atomic E-state index is 13.4. The van der Waals surface area contributed by atoms with Crippen molar-refractivity contribution in [2.45, 2.75) is 18.6 Å². The molecule has 0 aliphatic carbocycles. The molecule has 1 saturated heterocycles. The number of benzene rings is 3. The van der Waals surface area contributed by atoms with Gasteiger partial charge in [-0.25, -0.2) is 8.42 Å². The van der Waals surface area contributed by atoms with Crippen molar-refractivity contribution < 1.29 is 32.7 Å². The Kier molecular flexibility index (Phi) is 10.7. The van der Waals surface area contributed by atoms with Crippen LogP contribution in [0.5, 0.6) is 0 Å². The largest absolute Gasteiger partial charge is 0.380 e. The number of halogens is 1. The molecule has 0 bridgehead atoms. The van der Waals surface area contributed by atoms with Gasteiger partial charge in [-0.2, -0.15) is 4.68 Å². The lowest BCUT2D eigenvalue weighted by Gasteiger charge is -2.28. The third-order valence-electron chi connectivity index (χ3n) is 7.51. The first-order valence-corrected chi connectivity index (χ1v) is 16.9. The van der Waals surface area contributed by atoms with Crippen molar-refractivity contribution in [1.29, 1.82) is 0 Å². The van der Waals surface area contributed by atoms with E-state index in [1.165, 1.54) is 46.3 Å². The van der Waals surface area contributed by atoms with E-state index in [1.54, 1.807) is 48.5 Å². The van der Waals surface area contributed by atoms with Crippen LogP contribution >= 0.6 is 11.6 Å². The molecule has 16 heteroatoms. The molecule has 14 nitrogen and oxygen atoms in total. The van der Waals surface area contributed by atoms with E-state index in [9.17, 15) is 32.7 Å². The highest BCUT2D eigenvalue weighted by Gasteiger charge is 2.30. The summed E-state index contributed by atoms with van der Waals surface area (Å²) in [4.78, 5) is 53.7. The van der Waals surface area contributed by atoms with Gasteiger partial charge in [0.25, 0.3) is 0 Å². The van der Waals surface area contributed by atoms with E-state index >= 15 is 0 Å². The first-order valence-electron chi connectivity index (χ1n) is 14.7. The number of hydrogen-bond donors (Lipinski definition) is 3. The summed E-state index contributed by atoms with van der Waals surface area (Å²) in [7, 11) is -3.26. The quantitative estimate of drug-likeness (QED) is 0.155. The SMILES string of the molecule is O=C(/C=C/c1cc(Cl)ccc1-n1cnnn1)N[C@@H](CC(=O)N1CCS(=O)(=O)CC1)C(=O)Nc1ccc(C(O)C(=O)c2ccccc2)cc1. The Morgan fingerprint density at radius 3 is 2.35 bits per heavy atom. The number of ketones is 1. The van der Waals surface area contributed by atoms with Gasteiger partial charge in [0.2, 0.25) is 17.7 Å². The van der Waals surface area contributed by atoms with Gasteiger partial charge in [-0.15, -0.1) is 5.10 Å². The average Bonchev–Trinajstić information content (AvgIpc) is 3.62. The molecular weight excluding hydrogens is 662 g/mol. The number of carbonyl (C=O) groups is 4. The molecular formula is C32H30ClN7O7S. The fraction of sp³-hybridized carbons (Fsp3) is 0.219. The Bertz CT molecular complexity index is 1920. The van der Waals surface area contributed by atoms with Crippen LogP contribution in [0.4, 0.5) is 5.69 Å². The summed E-state index contributed by atoms with van der Waals surface area (Å²) < 4.78 is 25.1. The standard InChI is InChI=1S/C32H30ClN7O7S/c33-24-9-12-27(40-20-34-37-38-40)23(18-24)8-13-28(41)36-26(19-29(42)39-14-16-48(46,47)17-15-39)32(45)35-25-10-6-22(7-11-25)31(44)30(43)21-4-2-1-3-5-21/h1-13,18,20,26,31,44H,14-17,19H2,(H,35,45)(H,36,41)/b13-8+/t26-,31?/m0/s1. The number of tetrazole rings is 1. The minimum absolute atomic E-state index is 0.0243. The van der Waals surface area contributed by atoms with Crippen molar-refractivity contribution in [3.63, 3.8) is 0 Å². The number of hydrogen-bond acceptors (Lipinski definition) is 10. The van der Waals surface area contributed by atoms with Crippen molar-refractivity contribution in [3.05, 3.63) is 107 Å². The number of nitrogens with zero attached hydrogens (tertiary/aromatic N) is 5. The number of carbonyl (C=O) groups excluding carboxylic acids is 4. The molecule has 0 radical (unpaired) electrons. The number of sulfone groups is 1. The van der Waals surface area contributed by atoms with E-state index in [0.717, 1.165) is 6.08 Å². The van der Waals surface area contributed by atoms with E-state index in [1.807, 2.05) is 0 Å². The topological polar surface area (TPSA) is 194 Å². The van der Waals surface area contributed by atoms with Gasteiger partial charge in [0, 0.05) is 41.0 Å². The maximum Gasteiger partial charge on any atom is 0.247 e. The highest BCUT2D eigenvalue weighted by molar-refractivity contribution is 7.91. The minimum atomic E-state index is -3.26. The van der Waals surface area contributed by atoms with Crippen molar-refractivity contribution >= 4 is 56.7 Å². The Morgan fingerprint density at radius 1 is 0.979 bits per heavy atom. The van der Waals surface area contributed by atoms with Crippen LogP contribution in [0.2, 0.25) is 5.02 Å². The lowest BCUT2D eigenvalue weighted by Crippen LogP contribution is -2.49. The molecule has 3 aromatic carbocycles. The number of aliphatic hydroxyl groups excluding tert-OH is 1. The monoisotopic (exact) mass is 691 g/mol. The van der Waals surface area contributed by atoms with E-state index < -0.39 is 51.9 Å². The lowest BCUT2D eigenvalue weighted by molar-refractivity contribution is -0.134. The van der Waals surface area contributed by atoms with Gasteiger partial charge in [-0.1, -0.05) is 54.1 Å². The molecule has 1 unspecified atom stereocenters. The fourth-order valence-corrected chi connectivity index (χ4v) is 6.27. The van der Waals surface area contributed by atoms with Gasteiger partial charge < -0.3 is 20.6 Å². The number of aliphatic hydroxyl groups is 1. The second-order valence-electron chi connectivity index (χ2n) is 10.8. The van der Waals surface area contributed by atoms with Gasteiger partial charge in [0.15, 0.2) is 15.6 Å². The second-order valence-corrected chi connectivity index (χ2v) is 13.6. The Morgan fingerprint density at radius 2 is 1.69 bits per heavy atom. The van der Waals surface area contributed by atoms with Crippen LogP contribution in [0.1, 0.15) is 34.0 Å². The molecule has 0 spiro atoms. The molecule has 2 heterocycles. The molecule has 3 N–H and O–H groups in total. The van der Waals surface area contributed by atoms with Gasteiger partial charge in [-0.05, 0) is 52.4 Å². The smallest absolute Gasteiger partial charge is 0.247 e. The Balaban J connectivity index is 1.30. The number of nitrogens with one attached hydrogen (secondary N) is 2. The maximum atomic E-state index is 13.4. The summed E-state index contributed by atoms with van der Waals surface area (Å²) in [6, 6.07) is 17.7. The zero-order valence-electron chi connectivity index (χ0n) is 25.3. The molecule has 5 rings (SSSR count). The molecule has 1 fully saturated rings. The van der Waals surface area contributed by atoms with Crippen molar-refractivity contribution in [3.8, 4) is 5.69 Å². The number of rotatable bonds is 11. The number of aromatic nitrogens is 4. The second kappa shape index (κ2) is 15.1. The zero-order valence-corrected chi connectivity index (χ0v) is 26.8. The molecule has 248 valence electrons. The molecule has 1 aliphatic rings. The van der Waals surface area contributed by atoms with Gasteiger partial charge in [-0.3, -0.25) is 19.2 Å². The predicted octanol–water partition coefficient (Wildman–Crippen LogP) is 2.02. The summed E-state index contributed by atoms with van der Waals surface area (Å²) >= 11 is 6.16. The third kappa shape index (κ3) is 8.76. The third-order valence-corrected chi connectivity index (χ3v) is 9.35. The van der Waals surface area contributed by atoms with Gasteiger partial charge in [0.05, 0.1) is 23.6 Å². The fourth-order valence-electron chi connectivity index (χ4n) is 4.89. The first kappa shape index (κ1) is 34.1. The summed E-state index contributed by atoms with van der Waals surface area (Å²) in [5.74, 6) is -2.82. The molecule has 1 aromatic heterocycles. The summed E-state index contributed by atoms with van der Waals surface area (Å²) in [5.41, 5.74) is 1.93. The van der Waals surface area contributed by atoms with E-state index in [0.29, 0.717) is 27.4 Å². The zero-order chi connectivity index (χ0) is 34.3. The number of amides is 3. The van der Waals surface area contributed by atoms with Crippen LogP contribution in [-0.2, 0) is 24.2 Å². The average molecular weight is 692 g/mol. The van der Waals surface area contributed by atoms with Gasteiger partial charge >= 0.3 is 0 Å². The number of Topliss-reactive ketones (excluding diaryl/α,β-unsaturated/α-hetero) is 1. The Hall–Kier alpha value is -5.25. The van der Waals surface area contributed by atoms with Crippen LogP contribution in [-0.4, -0.2) is 92.8 Å². The van der Waals surface area contributed by atoms with E-state index in [-0.39, 0.29) is 30.3 Å². The molecule has 3 amide bonds. The normalized spacial score (nSPS) is 15.4. The molecule has 1 aliphatic heterocycles. The summed E-state index contributed by atoms with van der Waals surface area (Å²) in [6.45, 7) is -0.0485. The summed E-state index contributed by atoms with van der Waals surface area (Å²) in [6.07, 6.45) is 2.11. The lowest BCUT2D eigenvalue weighted by atomic mass is 10.00. The molecule has 4 aromatic rings.